The Morgan fingerprint density at radius 3 is 2.62 bits per heavy atom. The minimum atomic E-state index is -3.59. The molecule has 2 aliphatic rings. The number of carboxylic acid groups (broad SMARTS) is 1. The highest BCUT2D eigenvalue weighted by atomic mass is 32.2. The topological polar surface area (TPSA) is 90.0 Å². The van der Waals surface area contributed by atoms with Crippen LogP contribution in [0, 0.1) is 5.92 Å². The molecule has 122 valence electrons. The van der Waals surface area contributed by atoms with Crippen molar-refractivity contribution in [1.82, 2.24) is 13.9 Å². The number of piperidine rings is 2. The summed E-state index contributed by atoms with van der Waals surface area (Å²) >= 11 is 0. The van der Waals surface area contributed by atoms with Gasteiger partial charge in [0.2, 0.25) is 0 Å². The number of rotatable bonds is 4. The van der Waals surface area contributed by atoms with E-state index in [1.807, 2.05) is 7.05 Å². The van der Waals surface area contributed by atoms with Gasteiger partial charge in [-0.3, -0.25) is 4.79 Å². The Labute approximate surface area is 126 Å². The highest BCUT2D eigenvalue weighted by Crippen LogP contribution is 2.21. The summed E-state index contributed by atoms with van der Waals surface area (Å²) in [7, 11) is -1.55. The Balaban J connectivity index is 1.96. The second-order valence-corrected chi connectivity index (χ2v) is 7.91. The molecule has 8 heteroatoms. The Morgan fingerprint density at radius 1 is 1.29 bits per heavy atom. The summed E-state index contributed by atoms with van der Waals surface area (Å²) in [5.74, 6) is -1.51. The number of carbonyl (C=O) groups is 1. The molecule has 0 saturated carbocycles. The van der Waals surface area contributed by atoms with E-state index in [4.69, 9.17) is 5.11 Å². The van der Waals surface area contributed by atoms with Gasteiger partial charge in [-0.15, -0.1) is 0 Å². The predicted molar refractivity (Wildman–Crippen MR) is 79.1 cm³/mol. The van der Waals surface area contributed by atoms with E-state index in [2.05, 4.69) is 16.5 Å². The molecule has 7 nitrogen and oxygen atoms in total. The van der Waals surface area contributed by atoms with Crippen LogP contribution in [0.2, 0.25) is 0 Å². The third kappa shape index (κ3) is 4.15. The normalized spacial score (nSPS) is 33.0. The predicted octanol–water partition coefficient (Wildman–Crippen LogP) is 0.100. The summed E-state index contributed by atoms with van der Waals surface area (Å²) in [6.07, 6.45) is 2.72. The summed E-state index contributed by atoms with van der Waals surface area (Å²) in [5, 5.41) is 9.06. The number of nitrogens with one attached hydrogen (secondary N) is 1. The Bertz CT molecular complexity index is 482. The van der Waals surface area contributed by atoms with Gasteiger partial charge in [0.05, 0.1) is 5.92 Å². The van der Waals surface area contributed by atoms with E-state index in [-0.39, 0.29) is 12.6 Å². The lowest BCUT2D eigenvalue weighted by Crippen LogP contribution is -2.53. The molecule has 3 atom stereocenters. The number of hydrogen-bond acceptors (Lipinski definition) is 4. The van der Waals surface area contributed by atoms with Crippen LogP contribution in [0.1, 0.15) is 32.6 Å². The van der Waals surface area contributed by atoms with Gasteiger partial charge in [0, 0.05) is 25.2 Å². The van der Waals surface area contributed by atoms with Gasteiger partial charge in [-0.05, 0) is 46.2 Å². The molecule has 0 aromatic rings. The number of nitrogens with zero attached hydrogens (tertiary/aromatic N) is 2. The van der Waals surface area contributed by atoms with E-state index in [0.29, 0.717) is 25.4 Å². The molecule has 21 heavy (non-hydrogen) atoms. The fraction of sp³-hybridized carbons (Fsp3) is 0.923. The van der Waals surface area contributed by atoms with E-state index < -0.39 is 22.1 Å². The maximum absolute atomic E-state index is 12.4. The van der Waals surface area contributed by atoms with E-state index in [1.54, 1.807) is 0 Å². The zero-order valence-corrected chi connectivity index (χ0v) is 13.5. The summed E-state index contributed by atoms with van der Waals surface area (Å²) in [5.41, 5.74) is 0. The summed E-state index contributed by atoms with van der Waals surface area (Å²) < 4.78 is 28.9. The average Bonchev–Trinajstić information content (AvgIpc) is 2.43. The van der Waals surface area contributed by atoms with E-state index in [9.17, 15) is 13.2 Å². The second-order valence-electron chi connectivity index (χ2n) is 6.21. The first-order valence-corrected chi connectivity index (χ1v) is 8.94. The number of likely N-dealkylation sites (tertiary alicyclic amines) is 1. The molecule has 2 fully saturated rings. The van der Waals surface area contributed by atoms with Gasteiger partial charge < -0.3 is 10.0 Å². The summed E-state index contributed by atoms with van der Waals surface area (Å²) in [6, 6.07) is 0.283. The fourth-order valence-electron chi connectivity index (χ4n) is 3.04. The standard InChI is InChI=1S/C13H25N3O4S/c1-10-8-12(5-7-15(10)2)14-21(19,20)16-6-3-4-11(9-16)13(17)18/h10-12,14H,3-9H2,1-2H3,(H,17,18). The van der Waals surface area contributed by atoms with Gasteiger partial charge in [0.15, 0.2) is 0 Å². The number of hydrogen-bond donors (Lipinski definition) is 2. The molecule has 0 aliphatic carbocycles. The van der Waals surface area contributed by atoms with Crippen molar-refractivity contribution in [3.63, 3.8) is 0 Å². The minimum Gasteiger partial charge on any atom is -0.481 e. The van der Waals surface area contributed by atoms with Gasteiger partial charge in [-0.1, -0.05) is 0 Å². The Hall–Kier alpha value is -0.700. The molecular weight excluding hydrogens is 294 g/mol. The molecular formula is C13H25N3O4S. The van der Waals surface area contributed by atoms with Crippen LogP contribution in [-0.4, -0.2) is 67.5 Å². The van der Waals surface area contributed by atoms with Crippen molar-refractivity contribution < 1.29 is 18.3 Å². The molecule has 2 heterocycles. The zero-order valence-electron chi connectivity index (χ0n) is 12.7. The number of aliphatic carboxylic acids is 1. The van der Waals surface area contributed by atoms with Crippen molar-refractivity contribution in [1.29, 1.82) is 0 Å². The summed E-state index contributed by atoms with van der Waals surface area (Å²) in [6.45, 7) is 3.43. The lowest BCUT2D eigenvalue weighted by Gasteiger charge is -2.37. The quantitative estimate of drug-likeness (QED) is 0.767. The van der Waals surface area contributed by atoms with Gasteiger partial charge in [-0.25, -0.2) is 0 Å². The molecule has 2 rings (SSSR count). The SMILES string of the molecule is CC1CC(NS(=O)(=O)N2CCCC(C(=O)O)C2)CCN1C. The third-order valence-corrected chi connectivity index (χ3v) is 6.24. The fourth-order valence-corrected chi connectivity index (χ4v) is 4.57. The minimum absolute atomic E-state index is 0.0635. The average molecular weight is 319 g/mol. The molecule has 2 saturated heterocycles. The smallest absolute Gasteiger partial charge is 0.307 e. The van der Waals surface area contributed by atoms with E-state index in [1.165, 1.54) is 4.31 Å². The van der Waals surface area contributed by atoms with Crippen LogP contribution in [-0.2, 0) is 15.0 Å². The molecule has 0 radical (unpaired) electrons. The number of carboxylic acids is 1. The van der Waals surface area contributed by atoms with Crippen LogP contribution < -0.4 is 4.72 Å². The van der Waals surface area contributed by atoms with Crippen LogP contribution in [0.15, 0.2) is 0 Å². The maximum Gasteiger partial charge on any atom is 0.307 e. The Kier molecular flexibility index (Phi) is 5.24. The Morgan fingerprint density at radius 2 is 2.00 bits per heavy atom. The molecule has 0 bridgehead atoms. The first-order chi connectivity index (χ1) is 9.79. The largest absolute Gasteiger partial charge is 0.481 e. The zero-order chi connectivity index (χ0) is 15.6. The molecule has 2 N–H and O–H groups in total. The first kappa shape index (κ1) is 16.7. The lowest BCUT2D eigenvalue weighted by atomic mass is 10.0. The molecule has 0 spiro atoms. The van der Waals surface area contributed by atoms with Crippen LogP contribution in [0.25, 0.3) is 0 Å². The van der Waals surface area contributed by atoms with Crippen molar-refractivity contribution in [2.45, 2.75) is 44.7 Å². The molecule has 0 aromatic carbocycles. The van der Waals surface area contributed by atoms with Gasteiger partial charge in [0.1, 0.15) is 0 Å². The molecule has 3 unspecified atom stereocenters. The highest BCUT2D eigenvalue weighted by Gasteiger charge is 2.34. The van der Waals surface area contributed by atoms with Crippen LogP contribution in [0.5, 0.6) is 0 Å². The molecule has 0 amide bonds. The van der Waals surface area contributed by atoms with Crippen molar-refractivity contribution in [2.75, 3.05) is 26.7 Å². The van der Waals surface area contributed by atoms with Crippen molar-refractivity contribution in [3.8, 4) is 0 Å². The van der Waals surface area contributed by atoms with Crippen molar-refractivity contribution in [2.24, 2.45) is 5.92 Å². The van der Waals surface area contributed by atoms with E-state index >= 15 is 0 Å². The monoisotopic (exact) mass is 319 g/mol. The first-order valence-electron chi connectivity index (χ1n) is 7.50. The third-order valence-electron chi connectivity index (χ3n) is 4.60. The van der Waals surface area contributed by atoms with Crippen LogP contribution in [0.4, 0.5) is 0 Å². The van der Waals surface area contributed by atoms with Crippen LogP contribution in [0.3, 0.4) is 0 Å². The van der Waals surface area contributed by atoms with Crippen molar-refractivity contribution >= 4 is 16.2 Å². The molecule has 0 aromatic heterocycles. The lowest BCUT2D eigenvalue weighted by molar-refractivity contribution is -0.142. The molecule has 2 aliphatic heterocycles. The van der Waals surface area contributed by atoms with Crippen molar-refractivity contribution in [3.05, 3.63) is 0 Å². The highest BCUT2D eigenvalue weighted by molar-refractivity contribution is 7.87. The van der Waals surface area contributed by atoms with Crippen LogP contribution >= 0.6 is 0 Å². The van der Waals surface area contributed by atoms with Gasteiger partial charge in [0.25, 0.3) is 10.2 Å². The van der Waals surface area contributed by atoms with Gasteiger partial charge >= 0.3 is 5.97 Å². The van der Waals surface area contributed by atoms with E-state index in [0.717, 1.165) is 19.4 Å². The van der Waals surface area contributed by atoms with Gasteiger partial charge in [-0.2, -0.15) is 17.4 Å². The second kappa shape index (κ2) is 6.60. The summed E-state index contributed by atoms with van der Waals surface area (Å²) in [4.78, 5) is 13.3. The maximum atomic E-state index is 12.4.